The van der Waals surface area contributed by atoms with E-state index in [4.69, 9.17) is 0 Å². The van der Waals surface area contributed by atoms with Gasteiger partial charge in [-0.3, -0.25) is 0 Å². The summed E-state index contributed by atoms with van der Waals surface area (Å²) in [5.41, 5.74) is 0. The monoisotopic (exact) mass is 310 g/mol. The van der Waals surface area contributed by atoms with Crippen molar-refractivity contribution in [2.75, 3.05) is 37.4 Å². The summed E-state index contributed by atoms with van der Waals surface area (Å²) in [7, 11) is -6.72. The summed E-state index contributed by atoms with van der Waals surface area (Å²) >= 11 is 0. The van der Waals surface area contributed by atoms with Crippen molar-refractivity contribution >= 4 is 19.9 Å². The van der Waals surface area contributed by atoms with Crippen LogP contribution in [0.5, 0.6) is 0 Å². The van der Waals surface area contributed by atoms with Gasteiger partial charge in [0.15, 0.2) is 0 Å². The van der Waals surface area contributed by atoms with E-state index in [0.717, 1.165) is 25.8 Å². The molecule has 112 valence electrons. The fraction of sp³-hybridized carbons (Fsp3) is 1.00. The van der Waals surface area contributed by atoms with Crippen LogP contribution in [-0.4, -0.2) is 64.6 Å². The minimum atomic E-state index is -3.47. The van der Waals surface area contributed by atoms with Gasteiger partial charge in [-0.25, -0.2) is 16.8 Å². The van der Waals surface area contributed by atoms with Crippen molar-refractivity contribution in [3.8, 4) is 0 Å². The van der Waals surface area contributed by atoms with Crippen molar-refractivity contribution in [1.29, 1.82) is 0 Å². The van der Waals surface area contributed by atoms with Crippen molar-refractivity contribution in [2.24, 2.45) is 11.8 Å². The van der Waals surface area contributed by atoms with E-state index in [1.54, 1.807) is 4.31 Å². The minimum absolute atomic E-state index is 0.0181. The lowest BCUT2D eigenvalue weighted by Crippen LogP contribution is -2.41. The lowest BCUT2D eigenvalue weighted by Gasteiger charge is -2.26. The smallest absolute Gasteiger partial charge is 0.215 e. The Morgan fingerprint density at radius 1 is 1.16 bits per heavy atom. The van der Waals surface area contributed by atoms with Crippen LogP contribution in [0, 0.1) is 11.8 Å². The van der Waals surface area contributed by atoms with Crippen molar-refractivity contribution in [3.05, 3.63) is 0 Å². The number of sulfone groups is 1. The van der Waals surface area contributed by atoms with E-state index in [1.165, 1.54) is 0 Å². The molecule has 8 heteroatoms. The minimum Gasteiger partial charge on any atom is -0.316 e. The Bertz CT molecular complexity index is 529. The number of rotatable bonds is 5. The molecule has 0 radical (unpaired) electrons. The first kappa shape index (κ1) is 15.2. The Hall–Kier alpha value is -0.180. The summed E-state index contributed by atoms with van der Waals surface area (Å²) in [4.78, 5) is 0. The van der Waals surface area contributed by atoms with Gasteiger partial charge in [-0.15, -0.1) is 0 Å². The Labute approximate surface area is 115 Å². The molecule has 2 fully saturated rings. The first-order valence-corrected chi connectivity index (χ1v) is 10.3. The average molecular weight is 310 g/mol. The Kier molecular flexibility index (Phi) is 4.25. The zero-order valence-electron chi connectivity index (χ0n) is 11.4. The van der Waals surface area contributed by atoms with Crippen LogP contribution in [0.15, 0.2) is 0 Å². The Morgan fingerprint density at radius 3 is 2.42 bits per heavy atom. The van der Waals surface area contributed by atoms with E-state index in [-0.39, 0.29) is 17.5 Å². The molecule has 2 aliphatic heterocycles. The first-order valence-electron chi connectivity index (χ1n) is 6.62. The van der Waals surface area contributed by atoms with Crippen LogP contribution in [0.3, 0.4) is 0 Å². The number of sulfonamides is 1. The van der Waals surface area contributed by atoms with Gasteiger partial charge in [-0.1, -0.05) is 6.92 Å². The molecule has 0 aromatic rings. The molecule has 0 saturated carbocycles. The van der Waals surface area contributed by atoms with E-state index in [9.17, 15) is 16.8 Å². The Morgan fingerprint density at radius 2 is 1.84 bits per heavy atom. The highest BCUT2D eigenvalue weighted by molar-refractivity contribution is 7.93. The highest BCUT2D eigenvalue weighted by atomic mass is 32.2. The zero-order valence-corrected chi connectivity index (χ0v) is 13.0. The van der Waals surface area contributed by atoms with Crippen LogP contribution in [0.2, 0.25) is 0 Å². The molecule has 6 nitrogen and oxygen atoms in total. The van der Waals surface area contributed by atoms with Crippen LogP contribution in [-0.2, 0) is 19.9 Å². The fourth-order valence-corrected chi connectivity index (χ4v) is 6.61. The van der Waals surface area contributed by atoms with Crippen molar-refractivity contribution in [3.63, 3.8) is 0 Å². The largest absolute Gasteiger partial charge is 0.316 e. The maximum absolute atomic E-state index is 12.3. The van der Waals surface area contributed by atoms with Crippen LogP contribution in [0.4, 0.5) is 0 Å². The Balaban J connectivity index is 2.12. The van der Waals surface area contributed by atoms with E-state index >= 15 is 0 Å². The van der Waals surface area contributed by atoms with Gasteiger partial charge in [-0.05, 0) is 31.3 Å². The third-order valence-electron chi connectivity index (χ3n) is 4.16. The number of hydrogen-bond acceptors (Lipinski definition) is 5. The molecule has 3 unspecified atom stereocenters. The first-order chi connectivity index (χ1) is 8.74. The number of nitrogens with zero attached hydrogens (tertiary/aromatic N) is 1. The number of hydrogen-bond donors (Lipinski definition) is 1. The summed E-state index contributed by atoms with van der Waals surface area (Å²) in [6.45, 7) is 4.24. The topological polar surface area (TPSA) is 83.6 Å². The predicted molar refractivity (Wildman–Crippen MR) is 74.1 cm³/mol. The van der Waals surface area contributed by atoms with Crippen LogP contribution < -0.4 is 5.32 Å². The van der Waals surface area contributed by atoms with Crippen molar-refractivity contribution in [2.45, 2.75) is 19.4 Å². The van der Waals surface area contributed by atoms with Gasteiger partial charge in [0.25, 0.3) is 0 Å². The summed E-state index contributed by atoms with van der Waals surface area (Å²) in [6.07, 6.45) is 1.85. The van der Waals surface area contributed by atoms with Gasteiger partial charge >= 0.3 is 0 Å². The van der Waals surface area contributed by atoms with Crippen LogP contribution >= 0.6 is 0 Å². The predicted octanol–water partition coefficient (Wildman–Crippen LogP) is -0.709. The molecule has 2 saturated heterocycles. The van der Waals surface area contributed by atoms with Gasteiger partial charge in [0.2, 0.25) is 10.0 Å². The molecular weight excluding hydrogens is 288 g/mol. The van der Waals surface area contributed by atoms with Crippen LogP contribution in [0.25, 0.3) is 0 Å². The molecule has 0 aliphatic carbocycles. The maximum Gasteiger partial charge on any atom is 0.215 e. The lowest BCUT2D eigenvalue weighted by atomic mass is 9.93. The van der Waals surface area contributed by atoms with Crippen molar-refractivity contribution in [1.82, 2.24) is 9.62 Å². The number of nitrogens with one attached hydrogen (secondary N) is 1. The summed E-state index contributed by atoms with van der Waals surface area (Å²) < 4.78 is 48.5. The summed E-state index contributed by atoms with van der Waals surface area (Å²) in [5.74, 6) is 0.154. The van der Waals surface area contributed by atoms with E-state index in [0.29, 0.717) is 18.4 Å². The fourth-order valence-electron chi connectivity index (χ4n) is 3.18. The van der Waals surface area contributed by atoms with Gasteiger partial charge in [0, 0.05) is 18.8 Å². The molecular formula is C11H22N2O4S2. The average Bonchev–Trinajstić information content (AvgIpc) is 2.84. The van der Waals surface area contributed by atoms with E-state index in [2.05, 4.69) is 5.32 Å². The molecule has 0 bridgehead atoms. The zero-order chi connectivity index (χ0) is 14.3. The molecule has 0 aromatic heterocycles. The molecule has 0 spiro atoms. The number of fused-ring (bicyclic) bond motifs is 1. The molecule has 19 heavy (non-hydrogen) atoms. The molecule has 0 amide bonds. The van der Waals surface area contributed by atoms with Gasteiger partial charge in [0.1, 0.15) is 9.84 Å². The maximum atomic E-state index is 12.3. The van der Waals surface area contributed by atoms with Crippen molar-refractivity contribution < 1.29 is 16.8 Å². The standard InChI is InChI=1S/C11H22N2O4S2/c1-3-11-10-7-12-6-9(10)8-13(11)19(16,17)5-4-18(2,14)15/h9-12H,3-8H2,1-2H3. The summed E-state index contributed by atoms with van der Waals surface area (Å²) in [6, 6.07) is 0.0181. The quantitative estimate of drug-likeness (QED) is 0.725. The van der Waals surface area contributed by atoms with Gasteiger partial charge < -0.3 is 5.32 Å². The van der Waals surface area contributed by atoms with E-state index < -0.39 is 19.9 Å². The lowest BCUT2D eigenvalue weighted by molar-refractivity contribution is 0.329. The second kappa shape index (κ2) is 5.31. The third-order valence-corrected chi connectivity index (χ3v) is 7.22. The van der Waals surface area contributed by atoms with Crippen LogP contribution in [0.1, 0.15) is 13.3 Å². The molecule has 2 heterocycles. The molecule has 2 aliphatic rings. The van der Waals surface area contributed by atoms with Gasteiger partial charge in [0.05, 0.1) is 11.5 Å². The molecule has 0 aromatic carbocycles. The SMILES string of the molecule is CCC1C2CNCC2CN1S(=O)(=O)CCS(C)(=O)=O. The molecule has 3 atom stereocenters. The second-order valence-electron chi connectivity index (χ2n) is 5.57. The van der Waals surface area contributed by atoms with E-state index in [1.807, 2.05) is 6.92 Å². The highest BCUT2D eigenvalue weighted by Gasteiger charge is 2.47. The third kappa shape index (κ3) is 3.29. The normalized spacial score (nSPS) is 32.6. The molecule has 2 rings (SSSR count). The second-order valence-corrected chi connectivity index (χ2v) is 9.87. The summed E-state index contributed by atoms with van der Waals surface area (Å²) in [5, 5.41) is 3.30. The highest BCUT2D eigenvalue weighted by Crippen LogP contribution is 2.36. The van der Waals surface area contributed by atoms with Gasteiger partial charge in [-0.2, -0.15) is 4.31 Å². The molecule has 1 N–H and O–H groups in total.